The lowest BCUT2D eigenvalue weighted by molar-refractivity contribution is -0.707. The van der Waals surface area contributed by atoms with Gasteiger partial charge in [0.1, 0.15) is 18.2 Å². The fraction of sp³-hybridized carbons (Fsp3) is 0.250. The van der Waals surface area contributed by atoms with Crippen LogP contribution in [0.2, 0.25) is 5.02 Å². The average molecular weight is 343 g/mol. The Morgan fingerprint density at radius 1 is 1.12 bits per heavy atom. The summed E-state index contributed by atoms with van der Waals surface area (Å²) < 4.78 is 5.43. The molecule has 0 spiro atoms. The maximum atomic E-state index is 11.9. The number of nitrogens with two attached hydrogens (primary N) is 1. The molecule has 0 bridgehead atoms. The van der Waals surface area contributed by atoms with Gasteiger partial charge in [0.15, 0.2) is 0 Å². The molecular weight excluding hydrogens is 322 g/mol. The van der Waals surface area contributed by atoms with Crippen molar-refractivity contribution < 1.29 is 9.73 Å². The molecular formula is C20H21ClNO2+. The zero-order chi connectivity index (χ0) is 17.3. The molecule has 0 saturated carbocycles. The third-order valence-electron chi connectivity index (χ3n) is 4.60. The number of rotatable bonds is 4. The molecule has 1 atom stereocenters. The van der Waals surface area contributed by atoms with Gasteiger partial charge in [-0.1, -0.05) is 35.9 Å². The highest BCUT2D eigenvalue weighted by atomic mass is 35.5. The molecule has 24 heavy (non-hydrogen) atoms. The zero-order valence-electron chi connectivity index (χ0n) is 14.1. The van der Waals surface area contributed by atoms with Crippen molar-refractivity contribution in [3.05, 3.63) is 80.2 Å². The minimum Gasteiger partial charge on any atom is -0.422 e. The van der Waals surface area contributed by atoms with E-state index >= 15 is 0 Å². The van der Waals surface area contributed by atoms with Crippen molar-refractivity contribution in [1.29, 1.82) is 0 Å². The summed E-state index contributed by atoms with van der Waals surface area (Å²) in [6, 6.07) is 13.9. The Balaban J connectivity index is 1.89. The molecule has 3 aromatic rings. The lowest BCUT2D eigenvalue weighted by atomic mass is 10.0. The molecule has 2 N–H and O–H groups in total. The van der Waals surface area contributed by atoms with Gasteiger partial charge in [-0.2, -0.15) is 0 Å². The molecule has 0 aliphatic heterocycles. The van der Waals surface area contributed by atoms with Crippen LogP contribution in [0.15, 0.2) is 51.7 Å². The van der Waals surface area contributed by atoms with Gasteiger partial charge in [0, 0.05) is 27.6 Å². The van der Waals surface area contributed by atoms with E-state index in [1.165, 1.54) is 5.56 Å². The van der Waals surface area contributed by atoms with Gasteiger partial charge in [-0.25, -0.2) is 4.79 Å². The quantitative estimate of drug-likeness (QED) is 0.731. The standard InChI is InChI=1S/C20H20ClNO2/c1-12-4-9-18-16(10-19(23)24-20(18)13(12)2)11-22-14(3)15-5-7-17(21)8-6-15/h4-10,14,22H,11H2,1-3H3/p+1/t14-/m0/s1. The number of aryl methyl sites for hydroxylation is 2. The number of benzene rings is 2. The average Bonchev–Trinajstić information content (AvgIpc) is 2.56. The SMILES string of the molecule is Cc1ccc2c(C[NH2+][C@@H](C)c3ccc(Cl)cc3)cc(=O)oc2c1C. The molecule has 124 valence electrons. The molecule has 0 aliphatic rings. The summed E-state index contributed by atoms with van der Waals surface area (Å²) >= 11 is 5.94. The normalized spacial score (nSPS) is 12.5. The molecule has 4 heteroatoms. The number of hydrogen-bond donors (Lipinski definition) is 1. The second kappa shape index (κ2) is 6.80. The van der Waals surface area contributed by atoms with Crippen LogP contribution in [-0.4, -0.2) is 0 Å². The van der Waals surface area contributed by atoms with Crippen LogP contribution in [0.3, 0.4) is 0 Å². The smallest absolute Gasteiger partial charge is 0.336 e. The first-order valence-corrected chi connectivity index (χ1v) is 8.45. The minimum atomic E-state index is -0.293. The largest absolute Gasteiger partial charge is 0.422 e. The van der Waals surface area contributed by atoms with Crippen molar-refractivity contribution in [3.8, 4) is 0 Å². The van der Waals surface area contributed by atoms with Gasteiger partial charge < -0.3 is 9.73 Å². The Morgan fingerprint density at radius 3 is 2.54 bits per heavy atom. The van der Waals surface area contributed by atoms with E-state index in [0.29, 0.717) is 12.1 Å². The van der Waals surface area contributed by atoms with Crippen LogP contribution in [0, 0.1) is 13.8 Å². The number of halogens is 1. The van der Waals surface area contributed by atoms with E-state index in [9.17, 15) is 4.79 Å². The highest BCUT2D eigenvalue weighted by Gasteiger charge is 2.13. The number of hydrogen-bond acceptors (Lipinski definition) is 2. The maximum absolute atomic E-state index is 11.9. The molecule has 0 aliphatic carbocycles. The van der Waals surface area contributed by atoms with Crippen LogP contribution in [0.5, 0.6) is 0 Å². The minimum absolute atomic E-state index is 0.274. The van der Waals surface area contributed by atoms with E-state index in [1.807, 2.05) is 44.2 Å². The summed E-state index contributed by atoms with van der Waals surface area (Å²) in [4.78, 5) is 11.9. The van der Waals surface area contributed by atoms with Gasteiger partial charge in [-0.15, -0.1) is 0 Å². The molecule has 2 aromatic carbocycles. The first-order chi connectivity index (χ1) is 11.5. The molecule has 1 aromatic heterocycles. The second-order valence-corrected chi connectivity index (χ2v) is 6.69. The van der Waals surface area contributed by atoms with Gasteiger partial charge in [-0.3, -0.25) is 0 Å². The van der Waals surface area contributed by atoms with Crippen LogP contribution in [0.4, 0.5) is 0 Å². The Morgan fingerprint density at radius 2 is 1.83 bits per heavy atom. The van der Waals surface area contributed by atoms with Crippen LogP contribution in [0.1, 0.15) is 35.2 Å². The van der Waals surface area contributed by atoms with Crippen LogP contribution >= 0.6 is 11.6 Å². The van der Waals surface area contributed by atoms with E-state index in [2.05, 4.69) is 18.3 Å². The predicted octanol–water partition coefficient (Wildman–Crippen LogP) is 3.89. The van der Waals surface area contributed by atoms with E-state index in [1.54, 1.807) is 6.07 Å². The first-order valence-electron chi connectivity index (χ1n) is 8.07. The molecule has 3 rings (SSSR count). The lowest BCUT2D eigenvalue weighted by Crippen LogP contribution is -2.83. The summed E-state index contributed by atoms with van der Waals surface area (Å²) in [5.41, 5.74) is 4.77. The van der Waals surface area contributed by atoms with Crippen molar-refractivity contribution in [2.45, 2.75) is 33.4 Å². The highest BCUT2D eigenvalue weighted by molar-refractivity contribution is 6.30. The lowest BCUT2D eigenvalue weighted by Gasteiger charge is -2.13. The Labute approximate surface area is 146 Å². The van der Waals surface area contributed by atoms with Crippen LogP contribution in [0.25, 0.3) is 11.0 Å². The van der Waals surface area contributed by atoms with Crippen molar-refractivity contribution in [3.63, 3.8) is 0 Å². The predicted molar refractivity (Wildman–Crippen MR) is 97.5 cm³/mol. The van der Waals surface area contributed by atoms with E-state index in [4.69, 9.17) is 16.0 Å². The van der Waals surface area contributed by atoms with E-state index in [-0.39, 0.29) is 11.7 Å². The third-order valence-corrected chi connectivity index (χ3v) is 4.86. The highest BCUT2D eigenvalue weighted by Crippen LogP contribution is 2.23. The first kappa shape index (κ1) is 16.7. The summed E-state index contributed by atoms with van der Waals surface area (Å²) in [6.45, 7) is 6.88. The molecule has 0 fully saturated rings. The summed E-state index contributed by atoms with van der Waals surface area (Å²) in [5, 5.41) is 3.97. The fourth-order valence-corrected chi connectivity index (χ4v) is 3.03. The second-order valence-electron chi connectivity index (χ2n) is 6.25. The topological polar surface area (TPSA) is 46.8 Å². The van der Waals surface area contributed by atoms with Gasteiger partial charge in [0.05, 0.1) is 0 Å². The van der Waals surface area contributed by atoms with Crippen molar-refractivity contribution in [2.75, 3.05) is 0 Å². The molecule has 1 heterocycles. The molecule has 3 nitrogen and oxygen atoms in total. The number of fused-ring (bicyclic) bond motifs is 1. The maximum Gasteiger partial charge on any atom is 0.336 e. The van der Waals surface area contributed by atoms with Crippen LogP contribution < -0.4 is 10.9 Å². The van der Waals surface area contributed by atoms with Crippen molar-refractivity contribution >= 4 is 22.6 Å². The Hall–Kier alpha value is -2.10. The molecule has 0 unspecified atom stereocenters. The number of quaternary nitrogens is 1. The summed E-state index contributed by atoms with van der Waals surface area (Å²) in [5.74, 6) is 0. The zero-order valence-corrected chi connectivity index (χ0v) is 14.9. The third kappa shape index (κ3) is 3.37. The molecule has 0 saturated heterocycles. The van der Waals surface area contributed by atoms with E-state index < -0.39 is 0 Å². The van der Waals surface area contributed by atoms with Gasteiger partial charge in [0.2, 0.25) is 0 Å². The fourth-order valence-electron chi connectivity index (χ4n) is 2.90. The monoisotopic (exact) mass is 342 g/mol. The Bertz CT molecular complexity index is 929. The van der Waals surface area contributed by atoms with Gasteiger partial charge >= 0.3 is 5.63 Å². The molecule has 0 amide bonds. The van der Waals surface area contributed by atoms with E-state index in [0.717, 1.165) is 27.1 Å². The van der Waals surface area contributed by atoms with Gasteiger partial charge in [0.25, 0.3) is 0 Å². The summed E-state index contributed by atoms with van der Waals surface area (Å²) in [7, 11) is 0. The van der Waals surface area contributed by atoms with Crippen molar-refractivity contribution in [1.82, 2.24) is 0 Å². The van der Waals surface area contributed by atoms with Gasteiger partial charge in [-0.05, 0) is 44.0 Å². The Kier molecular flexibility index (Phi) is 4.74. The molecule has 0 radical (unpaired) electrons. The van der Waals surface area contributed by atoms with Crippen LogP contribution in [-0.2, 0) is 6.54 Å². The summed E-state index contributed by atoms with van der Waals surface area (Å²) in [6.07, 6.45) is 0. The van der Waals surface area contributed by atoms with Crippen molar-refractivity contribution in [2.24, 2.45) is 0 Å².